The van der Waals surface area contributed by atoms with Gasteiger partial charge in [-0.15, -0.1) is 0 Å². The van der Waals surface area contributed by atoms with Crippen molar-refractivity contribution >= 4 is 28.4 Å². The number of para-hydroxylation sites is 1. The van der Waals surface area contributed by atoms with Crippen molar-refractivity contribution in [1.29, 1.82) is 0 Å². The number of rotatable bonds is 5. The first-order valence-corrected chi connectivity index (χ1v) is 10.6. The molecule has 7 heteroatoms. The number of fused-ring (bicyclic) bond motifs is 1. The average molecular weight is 418 g/mol. The Morgan fingerprint density at radius 2 is 1.77 bits per heavy atom. The van der Waals surface area contributed by atoms with Gasteiger partial charge in [-0.1, -0.05) is 31.4 Å². The summed E-state index contributed by atoms with van der Waals surface area (Å²) in [7, 11) is 1.87. The molecule has 1 aromatic heterocycles. The molecule has 0 atom stereocenters. The fraction of sp³-hybridized carbons (Fsp3) is 0.333. The highest BCUT2D eigenvalue weighted by atomic mass is 16.2. The van der Waals surface area contributed by atoms with Crippen LogP contribution in [0.1, 0.15) is 42.5 Å². The molecule has 2 amide bonds. The molecule has 0 unspecified atom stereocenters. The molecule has 160 valence electrons. The maximum absolute atomic E-state index is 12.8. The van der Waals surface area contributed by atoms with Crippen LogP contribution in [0.25, 0.3) is 10.9 Å². The summed E-state index contributed by atoms with van der Waals surface area (Å²) in [5.41, 5.74) is 1.65. The van der Waals surface area contributed by atoms with Crippen LogP contribution < -0.4 is 10.7 Å². The molecular formula is C24H26N4O3. The van der Waals surface area contributed by atoms with Crippen LogP contribution in [0.15, 0.2) is 59.5 Å². The minimum absolute atomic E-state index is 0.00806. The number of benzene rings is 2. The van der Waals surface area contributed by atoms with E-state index in [2.05, 4.69) is 10.4 Å². The quantitative estimate of drug-likeness (QED) is 0.688. The van der Waals surface area contributed by atoms with E-state index in [4.69, 9.17) is 0 Å². The van der Waals surface area contributed by atoms with E-state index < -0.39 is 0 Å². The fourth-order valence-electron chi connectivity index (χ4n) is 4.16. The smallest absolute Gasteiger partial charge is 0.253 e. The molecule has 1 fully saturated rings. The van der Waals surface area contributed by atoms with Crippen molar-refractivity contribution in [1.82, 2.24) is 14.7 Å². The zero-order valence-electron chi connectivity index (χ0n) is 17.6. The largest absolute Gasteiger partial charge is 0.339 e. The number of carbonyl (C=O) groups is 2. The predicted molar refractivity (Wildman–Crippen MR) is 120 cm³/mol. The van der Waals surface area contributed by atoms with Crippen LogP contribution in [-0.2, 0) is 11.3 Å². The van der Waals surface area contributed by atoms with Gasteiger partial charge in [0, 0.05) is 29.7 Å². The van der Waals surface area contributed by atoms with Crippen molar-refractivity contribution in [3.05, 3.63) is 70.5 Å². The van der Waals surface area contributed by atoms with Crippen LogP contribution in [0.5, 0.6) is 0 Å². The number of nitrogens with zero attached hydrogens (tertiary/aromatic N) is 3. The first kappa shape index (κ1) is 20.8. The van der Waals surface area contributed by atoms with Crippen LogP contribution in [0.4, 0.5) is 5.69 Å². The van der Waals surface area contributed by atoms with Crippen LogP contribution in [0, 0.1) is 0 Å². The van der Waals surface area contributed by atoms with Crippen molar-refractivity contribution in [2.75, 3.05) is 12.4 Å². The van der Waals surface area contributed by atoms with Gasteiger partial charge in [0.15, 0.2) is 0 Å². The van der Waals surface area contributed by atoms with Gasteiger partial charge in [-0.3, -0.25) is 19.1 Å². The second kappa shape index (κ2) is 9.12. The maximum atomic E-state index is 12.8. The first-order valence-electron chi connectivity index (χ1n) is 10.6. The van der Waals surface area contributed by atoms with E-state index in [1.807, 2.05) is 11.9 Å². The van der Waals surface area contributed by atoms with E-state index in [9.17, 15) is 14.4 Å². The molecule has 0 aliphatic heterocycles. The molecule has 0 bridgehead atoms. The summed E-state index contributed by atoms with van der Waals surface area (Å²) in [6, 6.07) is 14.3. The Labute approximate surface area is 180 Å². The summed E-state index contributed by atoms with van der Waals surface area (Å²) >= 11 is 0. The third-order valence-electron chi connectivity index (χ3n) is 5.91. The SMILES string of the molecule is CN(C(=O)c1ccc(NC(=O)Cn2ncc(=O)c3ccccc32)cc1)C1CCCCC1. The molecule has 0 spiro atoms. The molecule has 1 N–H and O–H groups in total. The van der Waals surface area contributed by atoms with Crippen LogP contribution >= 0.6 is 0 Å². The lowest BCUT2D eigenvalue weighted by Gasteiger charge is -2.31. The normalized spacial score (nSPS) is 14.4. The van der Waals surface area contributed by atoms with Crippen molar-refractivity contribution in [3.8, 4) is 0 Å². The third kappa shape index (κ3) is 4.66. The van der Waals surface area contributed by atoms with E-state index in [-0.39, 0.29) is 23.8 Å². The van der Waals surface area contributed by atoms with Gasteiger partial charge in [-0.25, -0.2) is 0 Å². The van der Waals surface area contributed by atoms with E-state index in [0.717, 1.165) is 12.8 Å². The highest BCUT2D eigenvalue weighted by Gasteiger charge is 2.22. The number of aromatic nitrogens is 2. The molecule has 1 heterocycles. The monoisotopic (exact) mass is 418 g/mol. The number of anilines is 1. The molecule has 31 heavy (non-hydrogen) atoms. The minimum Gasteiger partial charge on any atom is -0.339 e. The predicted octanol–water partition coefficient (Wildman–Crippen LogP) is 3.44. The topological polar surface area (TPSA) is 84.3 Å². The second-order valence-corrected chi connectivity index (χ2v) is 8.02. The van der Waals surface area contributed by atoms with Gasteiger partial charge in [-0.2, -0.15) is 5.10 Å². The summed E-state index contributed by atoms with van der Waals surface area (Å²) in [4.78, 5) is 39.1. The number of amides is 2. The number of hydrogen-bond acceptors (Lipinski definition) is 4. The van der Waals surface area contributed by atoms with Crippen molar-refractivity contribution in [2.45, 2.75) is 44.7 Å². The molecule has 0 saturated heterocycles. The highest BCUT2D eigenvalue weighted by Crippen LogP contribution is 2.23. The lowest BCUT2D eigenvalue weighted by atomic mass is 9.94. The Kier molecular flexibility index (Phi) is 6.11. The molecule has 1 aliphatic carbocycles. The van der Waals surface area contributed by atoms with E-state index in [0.29, 0.717) is 28.2 Å². The number of hydrogen-bond donors (Lipinski definition) is 1. The fourth-order valence-corrected chi connectivity index (χ4v) is 4.16. The van der Waals surface area contributed by atoms with E-state index >= 15 is 0 Å². The molecular weight excluding hydrogens is 392 g/mol. The van der Waals surface area contributed by atoms with E-state index in [1.54, 1.807) is 48.5 Å². The summed E-state index contributed by atoms with van der Waals surface area (Å²) < 4.78 is 1.50. The maximum Gasteiger partial charge on any atom is 0.253 e. The molecule has 4 rings (SSSR count). The lowest BCUT2D eigenvalue weighted by Crippen LogP contribution is -2.38. The summed E-state index contributed by atoms with van der Waals surface area (Å²) in [5.74, 6) is -0.256. The van der Waals surface area contributed by atoms with Crippen LogP contribution in [-0.4, -0.2) is 39.6 Å². The van der Waals surface area contributed by atoms with Gasteiger partial charge >= 0.3 is 0 Å². The first-order chi connectivity index (χ1) is 15.0. The Bertz CT molecular complexity index is 1150. The van der Waals surface area contributed by atoms with Crippen LogP contribution in [0.2, 0.25) is 0 Å². The molecule has 1 aliphatic rings. The summed E-state index contributed by atoms with van der Waals surface area (Å²) in [6.45, 7) is -0.0219. The van der Waals surface area contributed by atoms with Gasteiger partial charge in [0.25, 0.3) is 5.91 Å². The highest BCUT2D eigenvalue weighted by molar-refractivity contribution is 5.96. The molecule has 7 nitrogen and oxygen atoms in total. The molecule has 0 radical (unpaired) electrons. The number of carbonyl (C=O) groups excluding carboxylic acids is 2. The summed E-state index contributed by atoms with van der Waals surface area (Å²) in [5, 5.41) is 7.43. The Morgan fingerprint density at radius 3 is 2.52 bits per heavy atom. The molecule has 3 aromatic rings. The number of nitrogens with one attached hydrogen (secondary N) is 1. The Hall–Kier alpha value is -3.48. The average Bonchev–Trinajstić information content (AvgIpc) is 2.81. The van der Waals surface area contributed by atoms with Gasteiger partial charge < -0.3 is 10.2 Å². The van der Waals surface area contributed by atoms with Crippen LogP contribution in [0.3, 0.4) is 0 Å². The zero-order chi connectivity index (χ0) is 21.8. The standard InChI is InChI=1S/C24H26N4O3/c1-27(19-7-3-2-4-8-19)24(31)17-11-13-18(14-12-17)26-23(30)16-28-21-10-6-5-9-20(21)22(29)15-25-28/h5-6,9-15,19H,2-4,7-8,16H2,1H3,(H,26,30). The van der Waals surface area contributed by atoms with Crippen molar-refractivity contribution in [2.24, 2.45) is 0 Å². The van der Waals surface area contributed by atoms with E-state index in [1.165, 1.54) is 30.1 Å². The minimum atomic E-state index is -0.264. The van der Waals surface area contributed by atoms with Gasteiger partial charge in [0.1, 0.15) is 6.54 Å². The Balaban J connectivity index is 1.41. The van der Waals surface area contributed by atoms with Gasteiger partial charge in [-0.05, 0) is 49.2 Å². The Morgan fingerprint density at radius 1 is 1.06 bits per heavy atom. The zero-order valence-corrected chi connectivity index (χ0v) is 17.6. The van der Waals surface area contributed by atoms with Gasteiger partial charge in [0.05, 0.1) is 11.7 Å². The van der Waals surface area contributed by atoms with Crippen molar-refractivity contribution < 1.29 is 9.59 Å². The van der Waals surface area contributed by atoms with Gasteiger partial charge in [0.2, 0.25) is 11.3 Å². The second-order valence-electron chi connectivity index (χ2n) is 8.02. The molecule has 1 saturated carbocycles. The summed E-state index contributed by atoms with van der Waals surface area (Å²) in [6.07, 6.45) is 6.93. The van der Waals surface area contributed by atoms with Crippen molar-refractivity contribution in [3.63, 3.8) is 0 Å². The molecule has 2 aromatic carbocycles. The third-order valence-corrected chi connectivity index (χ3v) is 5.91. The lowest BCUT2D eigenvalue weighted by molar-refractivity contribution is -0.116.